The third kappa shape index (κ3) is 5.46. The summed E-state index contributed by atoms with van der Waals surface area (Å²) < 4.78 is 14.8. The molecule has 47 heavy (non-hydrogen) atoms. The normalized spacial score (nSPS) is 13.7. The van der Waals surface area contributed by atoms with Crippen LogP contribution in [0.25, 0.3) is 32.9 Å². The van der Waals surface area contributed by atoms with Crippen LogP contribution < -0.4 is 9.64 Å². The van der Waals surface area contributed by atoms with Gasteiger partial charge in [0.25, 0.3) is 0 Å². The Labute approximate surface area is 273 Å². The van der Waals surface area contributed by atoms with E-state index in [2.05, 4.69) is 51.7 Å². The van der Waals surface area contributed by atoms with Gasteiger partial charge >= 0.3 is 5.97 Å². The van der Waals surface area contributed by atoms with Gasteiger partial charge in [-0.2, -0.15) is 0 Å². The molecule has 0 radical (unpaired) electrons. The Kier molecular flexibility index (Phi) is 7.44. The monoisotopic (exact) mass is 627 g/mol. The van der Waals surface area contributed by atoms with E-state index in [9.17, 15) is 9.90 Å². The highest BCUT2D eigenvalue weighted by molar-refractivity contribution is 6.08. The maximum absolute atomic E-state index is 13.0. The molecule has 3 aromatic heterocycles. The van der Waals surface area contributed by atoms with E-state index in [1.54, 1.807) is 18.6 Å². The fourth-order valence-corrected chi connectivity index (χ4v) is 6.62. The molecule has 3 aromatic carbocycles. The lowest BCUT2D eigenvalue weighted by atomic mass is 9.87. The number of anilines is 2. The van der Waals surface area contributed by atoms with E-state index in [1.807, 2.05) is 65.0 Å². The molecule has 1 aliphatic heterocycles. The van der Waals surface area contributed by atoms with Gasteiger partial charge in [-0.1, -0.05) is 42.0 Å². The lowest BCUT2D eigenvalue weighted by Crippen LogP contribution is -2.32. The zero-order valence-electron chi connectivity index (χ0n) is 27.4. The maximum Gasteiger partial charge on any atom is 0.337 e. The molecule has 0 aliphatic carbocycles. The zero-order chi connectivity index (χ0) is 33.0. The van der Waals surface area contributed by atoms with Crippen LogP contribution in [-0.4, -0.2) is 42.7 Å². The van der Waals surface area contributed by atoms with Crippen molar-refractivity contribution in [1.82, 2.24) is 19.5 Å². The molecule has 0 amide bonds. The predicted molar refractivity (Wildman–Crippen MR) is 184 cm³/mol. The van der Waals surface area contributed by atoms with Crippen molar-refractivity contribution in [3.05, 3.63) is 102 Å². The minimum atomic E-state index is -1.20. The van der Waals surface area contributed by atoms with Gasteiger partial charge < -0.3 is 24.0 Å². The number of para-hydroxylation sites is 1. The molecule has 4 heterocycles. The second-order valence-electron chi connectivity index (χ2n) is 13.1. The highest BCUT2D eigenvalue weighted by Gasteiger charge is 2.36. The molecule has 0 saturated carbocycles. The van der Waals surface area contributed by atoms with Crippen molar-refractivity contribution >= 4 is 39.4 Å². The number of carbonyl (C=O) groups is 1. The van der Waals surface area contributed by atoms with Gasteiger partial charge in [-0.3, -0.25) is 4.98 Å². The summed E-state index contributed by atoms with van der Waals surface area (Å²) in [7, 11) is 0. The van der Waals surface area contributed by atoms with Crippen molar-refractivity contribution < 1.29 is 19.4 Å². The molecule has 1 atom stereocenters. The molecule has 9 nitrogen and oxygen atoms in total. The molecule has 1 N–H and O–H groups in total. The molecule has 0 fully saturated rings. The number of hydrogen-bond acceptors (Lipinski definition) is 7. The van der Waals surface area contributed by atoms with Gasteiger partial charge in [0.1, 0.15) is 5.75 Å². The van der Waals surface area contributed by atoms with Gasteiger partial charge in [0.15, 0.2) is 11.9 Å². The van der Waals surface area contributed by atoms with Crippen LogP contribution in [0, 0.1) is 20.8 Å². The summed E-state index contributed by atoms with van der Waals surface area (Å²) in [6.45, 7) is 13.1. The van der Waals surface area contributed by atoms with Crippen molar-refractivity contribution in [2.24, 2.45) is 0 Å². The van der Waals surface area contributed by atoms with Crippen LogP contribution in [0.5, 0.6) is 11.5 Å². The third-order valence-corrected chi connectivity index (χ3v) is 8.63. The molecule has 9 heteroatoms. The third-order valence-electron chi connectivity index (χ3n) is 8.63. The summed E-state index contributed by atoms with van der Waals surface area (Å²) >= 11 is 0. The maximum atomic E-state index is 13.0. The smallest absolute Gasteiger partial charge is 0.337 e. The molecule has 0 bridgehead atoms. The average molecular weight is 628 g/mol. The van der Waals surface area contributed by atoms with Gasteiger partial charge in [0.05, 0.1) is 34.7 Å². The van der Waals surface area contributed by atoms with E-state index in [4.69, 9.17) is 19.4 Å². The highest BCUT2D eigenvalue weighted by Crippen LogP contribution is 2.49. The quantitative estimate of drug-likeness (QED) is 0.188. The number of ether oxygens (including phenoxy) is 2. The summed E-state index contributed by atoms with van der Waals surface area (Å²) in [5.74, 6) is 0.640. The number of fused-ring (bicyclic) bond motifs is 1. The first-order valence-corrected chi connectivity index (χ1v) is 15.8. The van der Waals surface area contributed by atoms with Crippen molar-refractivity contribution in [2.45, 2.75) is 59.8 Å². The van der Waals surface area contributed by atoms with Crippen molar-refractivity contribution in [1.29, 1.82) is 0 Å². The number of pyridine rings is 1. The fraction of sp³-hybridized carbons (Fsp3) is 0.263. The van der Waals surface area contributed by atoms with Crippen molar-refractivity contribution in [3.8, 4) is 22.6 Å². The first kappa shape index (κ1) is 30.4. The Hall–Kier alpha value is -5.28. The molecule has 0 unspecified atom stereocenters. The second-order valence-corrected chi connectivity index (χ2v) is 13.1. The molecule has 7 rings (SSSR count). The number of carboxylic acids is 1. The van der Waals surface area contributed by atoms with Crippen LogP contribution in [0.1, 0.15) is 49.3 Å². The second kappa shape index (κ2) is 11.5. The van der Waals surface area contributed by atoms with Crippen LogP contribution in [0.4, 0.5) is 11.6 Å². The Bertz CT molecular complexity index is 2140. The number of rotatable bonds is 7. The standard InChI is InChI=1S/C38H37N5O4/c1-22-11-13-25(14-12-22)32-28-19-23(2)42-17-18-43(33(34(28)42)24(3)31(32)35(36(44)45)47-38(4,5)6)37-40-20-26(21-41-37)46-30-15-16-39-29-10-8-7-9-27(29)30/h7-16,19-21,35H,17-18H2,1-6H3,(H,44,45)/t35-/m0/s1. The lowest BCUT2D eigenvalue weighted by Gasteiger charge is -2.35. The molecule has 6 aromatic rings. The summed E-state index contributed by atoms with van der Waals surface area (Å²) in [5, 5.41) is 12.5. The Balaban J connectivity index is 1.39. The summed E-state index contributed by atoms with van der Waals surface area (Å²) in [5.41, 5.74) is 7.53. The van der Waals surface area contributed by atoms with Crippen molar-refractivity contribution in [3.63, 3.8) is 0 Å². The van der Waals surface area contributed by atoms with Gasteiger partial charge in [-0.25, -0.2) is 14.8 Å². The lowest BCUT2D eigenvalue weighted by molar-refractivity contribution is -0.160. The zero-order valence-corrected chi connectivity index (χ0v) is 27.4. The number of hydrogen-bond donors (Lipinski definition) is 1. The summed E-state index contributed by atoms with van der Waals surface area (Å²) in [4.78, 5) is 29.1. The van der Waals surface area contributed by atoms with Gasteiger partial charge in [-0.05, 0) is 82.5 Å². The first-order chi connectivity index (χ1) is 22.5. The number of carboxylic acid groups (broad SMARTS) is 1. The SMILES string of the molecule is Cc1ccc(-c2c([C@H](OC(C)(C)C)C(=O)O)c(C)c3c4c2cc(C)n4CCN3c2ncc(Oc3ccnc4ccccc34)cn2)cc1. The van der Waals surface area contributed by atoms with Crippen LogP contribution in [0.15, 0.2) is 79.3 Å². The summed E-state index contributed by atoms with van der Waals surface area (Å²) in [6.07, 6.45) is 3.86. The molecule has 0 saturated heterocycles. The molecule has 1 aliphatic rings. The number of benzene rings is 3. The van der Waals surface area contributed by atoms with Crippen LogP contribution >= 0.6 is 0 Å². The molecule has 238 valence electrons. The largest absolute Gasteiger partial charge is 0.479 e. The van der Waals surface area contributed by atoms with Crippen LogP contribution in [-0.2, 0) is 16.1 Å². The first-order valence-electron chi connectivity index (χ1n) is 15.8. The topological polar surface area (TPSA) is 103 Å². The highest BCUT2D eigenvalue weighted by atomic mass is 16.5. The van der Waals surface area contributed by atoms with E-state index < -0.39 is 17.7 Å². The molecular formula is C38H37N5O4. The van der Waals surface area contributed by atoms with Crippen molar-refractivity contribution in [2.75, 3.05) is 11.4 Å². The number of nitrogens with zero attached hydrogens (tertiary/aromatic N) is 5. The van der Waals surface area contributed by atoms with E-state index >= 15 is 0 Å². The van der Waals surface area contributed by atoms with Gasteiger partial charge in [-0.15, -0.1) is 0 Å². The van der Waals surface area contributed by atoms with Crippen LogP contribution in [0.3, 0.4) is 0 Å². The minimum Gasteiger partial charge on any atom is -0.479 e. The fourth-order valence-electron chi connectivity index (χ4n) is 6.62. The number of aromatic nitrogens is 4. The Morgan fingerprint density at radius 2 is 1.64 bits per heavy atom. The minimum absolute atomic E-state index is 0.503. The van der Waals surface area contributed by atoms with E-state index in [-0.39, 0.29) is 0 Å². The summed E-state index contributed by atoms with van der Waals surface area (Å²) in [6, 6.07) is 20.0. The average Bonchev–Trinajstić information content (AvgIpc) is 3.38. The van der Waals surface area contributed by atoms with E-state index in [0.717, 1.165) is 62.0 Å². The Morgan fingerprint density at radius 1 is 0.915 bits per heavy atom. The van der Waals surface area contributed by atoms with Gasteiger partial charge in [0.2, 0.25) is 5.95 Å². The van der Waals surface area contributed by atoms with Gasteiger partial charge in [0, 0.05) is 41.3 Å². The number of aryl methyl sites for hydroxylation is 2. The predicted octanol–water partition coefficient (Wildman–Crippen LogP) is 8.46. The van der Waals surface area contributed by atoms with Crippen LogP contribution in [0.2, 0.25) is 0 Å². The number of aliphatic carboxylic acids is 1. The van der Waals surface area contributed by atoms with E-state index in [0.29, 0.717) is 29.6 Å². The molecule has 0 spiro atoms. The Morgan fingerprint density at radius 3 is 2.34 bits per heavy atom. The van der Waals surface area contributed by atoms with E-state index in [1.165, 1.54) is 0 Å². The molecular weight excluding hydrogens is 590 g/mol.